The molecule has 0 bridgehead atoms. The fraction of sp³-hybridized carbons (Fsp3) is 0.308. The zero-order valence-corrected chi connectivity index (χ0v) is 11.2. The van der Waals surface area contributed by atoms with Crippen LogP contribution >= 0.6 is 11.8 Å². The lowest BCUT2D eigenvalue weighted by atomic mass is 10.2. The number of benzene rings is 1. The number of thioether (sulfide) groups is 1. The molecule has 0 amide bonds. The fourth-order valence-corrected chi connectivity index (χ4v) is 2.23. The third kappa shape index (κ3) is 2.82. The van der Waals surface area contributed by atoms with Crippen LogP contribution in [0, 0.1) is 0 Å². The van der Waals surface area contributed by atoms with Gasteiger partial charge in [-0.2, -0.15) is 5.10 Å². The highest BCUT2D eigenvalue weighted by atomic mass is 32.2. The lowest BCUT2D eigenvalue weighted by Gasteiger charge is -2.15. The second-order valence-corrected chi connectivity index (χ2v) is 4.85. The van der Waals surface area contributed by atoms with Gasteiger partial charge in [-0.15, -0.1) is 11.8 Å². The third-order valence-corrected chi connectivity index (χ3v) is 3.52. The van der Waals surface area contributed by atoms with Crippen molar-refractivity contribution in [2.24, 2.45) is 7.05 Å². The van der Waals surface area contributed by atoms with Crippen LogP contribution in [0.5, 0.6) is 0 Å². The van der Waals surface area contributed by atoms with Crippen molar-refractivity contribution in [3.8, 4) is 0 Å². The Balaban J connectivity index is 2.07. The minimum Gasteiger partial charge on any atom is -0.377 e. The van der Waals surface area contributed by atoms with Crippen LogP contribution in [0.2, 0.25) is 0 Å². The molecule has 1 N–H and O–H groups in total. The quantitative estimate of drug-likeness (QED) is 0.841. The minimum atomic E-state index is 0.252. The number of hydrogen-bond donors (Lipinski definition) is 1. The zero-order chi connectivity index (χ0) is 12.3. The molecular weight excluding hydrogens is 230 g/mol. The van der Waals surface area contributed by atoms with Crippen LogP contribution in [-0.2, 0) is 7.05 Å². The number of hydrogen-bond acceptors (Lipinski definition) is 3. The van der Waals surface area contributed by atoms with Crippen molar-refractivity contribution in [1.82, 2.24) is 9.78 Å². The van der Waals surface area contributed by atoms with Crippen molar-refractivity contribution < 1.29 is 0 Å². The van der Waals surface area contributed by atoms with E-state index in [-0.39, 0.29) is 6.04 Å². The molecule has 4 heteroatoms. The van der Waals surface area contributed by atoms with Crippen molar-refractivity contribution in [2.45, 2.75) is 17.9 Å². The number of aromatic nitrogens is 2. The molecule has 2 aromatic rings. The van der Waals surface area contributed by atoms with Crippen molar-refractivity contribution in [3.05, 3.63) is 42.2 Å². The maximum atomic E-state index is 4.18. The molecule has 3 nitrogen and oxygen atoms in total. The van der Waals surface area contributed by atoms with Crippen LogP contribution in [0.1, 0.15) is 18.7 Å². The Morgan fingerprint density at radius 1 is 1.24 bits per heavy atom. The molecule has 0 aliphatic carbocycles. The van der Waals surface area contributed by atoms with Gasteiger partial charge in [-0.05, 0) is 43.5 Å². The fourth-order valence-electron chi connectivity index (χ4n) is 1.82. The molecule has 0 radical (unpaired) electrons. The highest BCUT2D eigenvalue weighted by molar-refractivity contribution is 7.98. The molecule has 2 rings (SSSR count). The summed E-state index contributed by atoms with van der Waals surface area (Å²) in [6.45, 7) is 2.14. The minimum absolute atomic E-state index is 0.252. The molecule has 0 saturated carbocycles. The highest BCUT2D eigenvalue weighted by Crippen LogP contribution is 2.21. The molecule has 0 aliphatic heterocycles. The number of aryl methyl sites for hydroxylation is 1. The van der Waals surface area contributed by atoms with E-state index in [0.29, 0.717) is 0 Å². The lowest BCUT2D eigenvalue weighted by molar-refractivity contribution is 0.676. The smallest absolute Gasteiger partial charge is 0.0653 e. The first-order chi connectivity index (χ1) is 8.20. The molecule has 0 aliphatic rings. The first-order valence-electron chi connectivity index (χ1n) is 5.59. The van der Waals surface area contributed by atoms with E-state index in [1.54, 1.807) is 11.8 Å². The summed E-state index contributed by atoms with van der Waals surface area (Å²) in [5, 5.41) is 7.65. The summed E-state index contributed by atoms with van der Waals surface area (Å²) in [5.41, 5.74) is 2.32. The molecule has 1 aromatic heterocycles. The Morgan fingerprint density at radius 2 is 1.94 bits per heavy atom. The summed E-state index contributed by atoms with van der Waals surface area (Å²) >= 11 is 1.75. The number of rotatable bonds is 4. The Hall–Kier alpha value is -1.42. The van der Waals surface area contributed by atoms with E-state index in [1.807, 2.05) is 24.0 Å². The van der Waals surface area contributed by atoms with Crippen molar-refractivity contribution in [1.29, 1.82) is 0 Å². The predicted octanol–water partition coefficient (Wildman–Crippen LogP) is 3.32. The summed E-state index contributed by atoms with van der Waals surface area (Å²) in [4.78, 5) is 1.28. The second kappa shape index (κ2) is 5.27. The number of nitrogens with zero attached hydrogens (tertiary/aromatic N) is 2. The molecule has 1 aromatic carbocycles. The summed E-state index contributed by atoms with van der Waals surface area (Å²) in [7, 11) is 1.96. The third-order valence-electron chi connectivity index (χ3n) is 2.78. The van der Waals surface area contributed by atoms with Gasteiger partial charge < -0.3 is 5.32 Å². The molecule has 1 atom stereocenters. The molecule has 1 unspecified atom stereocenters. The van der Waals surface area contributed by atoms with Gasteiger partial charge in [-0.25, -0.2) is 0 Å². The van der Waals surface area contributed by atoms with Crippen molar-refractivity contribution in [2.75, 3.05) is 11.6 Å². The number of nitrogens with one attached hydrogen (secondary N) is 1. The monoisotopic (exact) mass is 247 g/mol. The predicted molar refractivity (Wildman–Crippen MR) is 73.5 cm³/mol. The van der Waals surface area contributed by atoms with E-state index >= 15 is 0 Å². The topological polar surface area (TPSA) is 29.9 Å². The molecule has 0 saturated heterocycles. The van der Waals surface area contributed by atoms with Gasteiger partial charge in [-0.3, -0.25) is 4.68 Å². The summed E-state index contributed by atoms with van der Waals surface area (Å²) in [6, 6.07) is 10.8. The van der Waals surface area contributed by atoms with E-state index in [0.717, 1.165) is 5.69 Å². The van der Waals surface area contributed by atoms with Crippen LogP contribution in [0.15, 0.2) is 41.4 Å². The first-order valence-corrected chi connectivity index (χ1v) is 6.81. The molecule has 0 fully saturated rings. The van der Waals surface area contributed by atoms with Gasteiger partial charge in [0.05, 0.1) is 11.7 Å². The SMILES string of the molecule is CSc1ccc(NC(C)c2ccnn2C)cc1. The van der Waals surface area contributed by atoms with Gasteiger partial charge in [0.25, 0.3) is 0 Å². The van der Waals surface area contributed by atoms with Crippen LogP contribution in [0.4, 0.5) is 5.69 Å². The Bertz CT molecular complexity index is 476. The standard InChI is InChI=1S/C13H17N3S/c1-10(13-8-9-14-16(13)2)15-11-4-6-12(17-3)7-5-11/h4-10,15H,1-3H3. The normalized spacial score (nSPS) is 12.4. The van der Waals surface area contributed by atoms with E-state index in [2.05, 4.69) is 47.9 Å². The van der Waals surface area contributed by atoms with E-state index in [4.69, 9.17) is 0 Å². The van der Waals surface area contributed by atoms with Gasteiger partial charge in [0, 0.05) is 23.8 Å². The van der Waals surface area contributed by atoms with E-state index < -0.39 is 0 Å². The number of anilines is 1. The summed E-state index contributed by atoms with van der Waals surface area (Å²) < 4.78 is 1.90. The zero-order valence-electron chi connectivity index (χ0n) is 10.3. The van der Waals surface area contributed by atoms with E-state index in [1.165, 1.54) is 10.6 Å². The van der Waals surface area contributed by atoms with Gasteiger partial charge >= 0.3 is 0 Å². The average molecular weight is 247 g/mol. The molecule has 0 spiro atoms. The molecule has 17 heavy (non-hydrogen) atoms. The van der Waals surface area contributed by atoms with Crippen LogP contribution in [-0.4, -0.2) is 16.0 Å². The lowest BCUT2D eigenvalue weighted by Crippen LogP contribution is -2.11. The molecule has 1 heterocycles. The van der Waals surface area contributed by atoms with Gasteiger partial charge in [0.15, 0.2) is 0 Å². The van der Waals surface area contributed by atoms with Crippen molar-refractivity contribution >= 4 is 17.4 Å². The largest absolute Gasteiger partial charge is 0.377 e. The van der Waals surface area contributed by atoms with Crippen LogP contribution in [0.3, 0.4) is 0 Å². The van der Waals surface area contributed by atoms with E-state index in [9.17, 15) is 0 Å². The maximum absolute atomic E-state index is 4.18. The second-order valence-electron chi connectivity index (χ2n) is 3.97. The highest BCUT2D eigenvalue weighted by Gasteiger charge is 2.08. The van der Waals surface area contributed by atoms with Gasteiger partial charge in [0.2, 0.25) is 0 Å². The maximum Gasteiger partial charge on any atom is 0.0653 e. The van der Waals surface area contributed by atoms with Gasteiger partial charge in [-0.1, -0.05) is 0 Å². The Morgan fingerprint density at radius 3 is 2.47 bits per heavy atom. The summed E-state index contributed by atoms with van der Waals surface area (Å²) in [6.07, 6.45) is 3.91. The Kier molecular flexibility index (Phi) is 3.74. The van der Waals surface area contributed by atoms with Gasteiger partial charge in [0.1, 0.15) is 0 Å². The summed E-state index contributed by atoms with van der Waals surface area (Å²) in [5.74, 6) is 0. The Labute approximate surface area is 106 Å². The molecule has 90 valence electrons. The van der Waals surface area contributed by atoms with Crippen LogP contribution in [0.25, 0.3) is 0 Å². The average Bonchev–Trinajstić information content (AvgIpc) is 2.76. The van der Waals surface area contributed by atoms with Crippen molar-refractivity contribution in [3.63, 3.8) is 0 Å². The first kappa shape index (κ1) is 12.0. The molecular formula is C13H17N3S. The van der Waals surface area contributed by atoms with Crippen LogP contribution < -0.4 is 5.32 Å².